The van der Waals surface area contributed by atoms with Gasteiger partial charge in [-0.1, -0.05) is 105 Å². The normalized spacial score (nSPS) is 10.7. The molecule has 0 aliphatic carbocycles. The van der Waals surface area contributed by atoms with Crippen molar-refractivity contribution in [3.63, 3.8) is 0 Å². The van der Waals surface area contributed by atoms with Gasteiger partial charge in [-0.2, -0.15) is 0 Å². The first-order chi connectivity index (χ1) is 27.1. The van der Waals surface area contributed by atoms with Gasteiger partial charge in [0.2, 0.25) is 0 Å². The van der Waals surface area contributed by atoms with Crippen LogP contribution in [0.25, 0.3) is 43.1 Å². The van der Waals surface area contributed by atoms with E-state index in [1.807, 2.05) is 54.5 Å². The lowest BCUT2D eigenvalue weighted by Crippen LogP contribution is -2.07. The Kier molecular flexibility index (Phi) is 30.5. The number of benzene rings is 5. The summed E-state index contributed by atoms with van der Waals surface area (Å²) in [5.74, 6) is 1.20. The van der Waals surface area contributed by atoms with Crippen LogP contribution >= 0.6 is 0 Å². The van der Waals surface area contributed by atoms with Gasteiger partial charge in [0, 0.05) is 71.7 Å². The van der Waals surface area contributed by atoms with Gasteiger partial charge in [0.05, 0.1) is 6.10 Å². The molecule has 318 valence electrons. The number of phenols is 1. The maximum Gasteiger partial charge on any atom is 0.125 e. The summed E-state index contributed by atoms with van der Waals surface area (Å²) >= 11 is 0. The van der Waals surface area contributed by atoms with Crippen molar-refractivity contribution < 1.29 is 19.7 Å². The van der Waals surface area contributed by atoms with Crippen LogP contribution in [0.1, 0.15) is 130 Å². The quantitative estimate of drug-likeness (QED) is 0.0373. The second-order valence-corrected chi connectivity index (χ2v) is 13.7. The van der Waals surface area contributed by atoms with Gasteiger partial charge in [-0.25, -0.2) is 0 Å². The number of carbonyl (C=O) groups is 1. The molecule has 8 nitrogen and oxygen atoms in total. The van der Waals surface area contributed by atoms with E-state index in [2.05, 4.69) is 98.3 Å². The number of nitrogens with one attached hydrogen (secondary N) is 3. The van der Waals surface area contributed by atoms with E-state index in [1.165, 1.54) is 43.6 Å². The van der Waals surface area contributed by atoms with Gasteiger partial charge in [0.1, 0.15) is 12.5 Å². The fraction of sp³-hybridized carbons (Fsp3) is 0.562. The standard InChI is InChI=1S/C32H38N2O2.C8H19N.C2H6O.2C2H6.CH5N.CH2O/c1-6-8-14-33-24-16-19(4)27-21(20(5)35)12-13-23-30-25(34-15-9-7-2)17-26(36)28-18(3)10-11-22(32(28)30)29(24)31(23)27;1-8(2)6-4-5-7-9-3;1-3-2;4*1-2/h10-13,16-17,20,33-36H,6-9,14-15H2,1-5H3;8-9H,4-7H2,1-3H3;1-2H3;2*1-2H3;2H2,1H3;1H2. The second-order valence-electron chi connectivity index (χ2n) is 13.7. The lowest BCUT2D eigenvalue weighted by Gasteiger charge is -2.24. The number of anilines is 2. The highest BCUT2D eigenvalue weighted by Gasteiger charge is 2.23. The van der Waals surface area contributed by atoms with Crippen LogP contribution in [0.2, 0.25) is 0 Å². The number of aliphatic hydroxyl groups is 1. The molecule has 0 saturated heterocycles. The first-order valence-electron chi connectivity index (χ1n) is 21.0. The van der Waals surface area contributed by atoms with Crippen molar-refractivity contribution >= 4 is 61.3 Å². The highest BCUT2D eigenvalue weighted by molar-refractivity contribution is 6.38. The van der Waals surface area contributed by atoms with Crippen molar-refractivity contribution in [3.8, 4) is 5.75 Å². The van der Waals surface area contributed by atoms with Crippen LogP contribution in [-0.2, 0) is 9.53 Å². The minimum Gasteiger partial charge on any atom is -0.507 e. The number of ether oxygens (including phenoxy) is 1. The highest BCUT2D eigenvalue weighted by Crippen LogP contribution is 2.50. The third kappa shape index (κ3) is 15.0. The van der Waals surface area contributed by atoms with Crippen LogP contribution in [0, 0.1) is 19.8 Å². The largest absolute Gasteiger partial charge is 0.507 e. The molecule has 7 N–H and O–H groups in total. The molecule has 5 aromatic rings. The molecular formula is C48H82N4O4. The Balaban J connectivity index is 0. The number of nitrogens with two attached hydrogens (primary N) is 1. The third-order valence-corrected chi connectivity index (χ3v) is 9.12. The number of hydrogen-bond acceptors (Lipinski definition) is 8. The molecule has 0 bridgehead atoms. The second kappa shape index (κ2) is 31.4. The number of fused-ring (bicyclic) bond motifs is 2. The van der Waals surface area contributed by atoms with Gasteiger partial charge in [0.25, 0.3) is 0 Å². The van der Waals surface area contributed by atoms with Crippen molar-refractivity contribution in [2.75, 3.05) is 58.6 Å². The molecule has 0 heterocycles. The molecule has 0 saturated carbocycles. The van der Waals surface area contributed by atoms with Gasteiger partial charge in [-0.05, 0) is 106 Å². The lowest BCUT2D eigenvalue weighted by molar-refractivity contribution is -0.0980. The topological polar surface area (TPSA) is 129 Å². The maximum absolute atomic E-state index is 11.2. The molecule has 56 heavy (non-hydrogen) atoms. The number of hydrogen-bond donors (Lipinski definition) is 6. The molecule has 1 unspecified atom stereocenters. The van der Waals surface area contributed by atoms with Crippen LogP contribution in [0.4, 0.5) is 11.4 Å². The summed E-state index contributed by atoms with van der Waals surface area (Å²) in [6, 6.07) is 12.7. The Morgan fingerprint density at radius 3 is 1.59 bits per heavy atom. The molecule has 0 aromatic heterocycles. The van der Waals surface area contributed by atoms with Crippen LogP contribution in [0.15, 0.2) is 36.4 Å². The monoisotopic (exact) mass is 779 g/mol. The molecular weight excluding hydrogens is 697 g/mol. The summed E-state index contributed by atoms with van der Waals surface area (Å²) in [5, 5.41) is 41.4. The first kappa shape index (κ1) is 54.4. The molecule has 8 heteroatoms. The van der Waals surface area contributed by atoms with E-state index in [-0.39, 0.29) is 0 Å². The molecule has 0 aliphatic rings. The molecule has 5 aromatic carbocycles. The molecule has 0 fully saturated rings. The van der Waals surface area contributed by atoms with Crippen molar-refractivity contribution in [1.29, 1.82) is 0 Å². The first-order valence-corrected chi connectivity index (χ1v) is 21.0. The average molecular weight is 779 g/mol. The Morgan fingerprint density at radius 1 is 0.679 bits per heavy atom. The Hall–Kier alpha value is -3.69. The smallest absolute Gasteiger partial charge is 0.125 e. The summed E-state index contributed by atoms with van der Waals surface area (Å²) in [7, 11) is 6.76. The molecule has 0 aliphatic heterocycles. The number of unbranched alkanes of at least 4 members (excludes halogenated alkanes) is 3. The molecule has 0 amide bonds. The van der Waals surface area contributed by atoms with Gasteiger partial charge in [0.15, 0.2) is 0 Å². The maximum atomic E-state index is 11.2. The van der Waals surface area contributed by atoms with Gasteiger partial charge >= 0.3 is 0 Å². The van der Waals surface area contributed by atoms with Crippen molar-refractivity contribution in [2.45, 2.75) is 127 Å². The number of carbonyl (C=O) groups excluding carboxylic acids is 1. The van der Waals surface area contributed by atoms with E-state index in [9.17, 15) is 10.2 Å². The van der Waals surface area contributed by atoms with Crippen LogP contribution < -0.4 is 21.7 Å². The summed E-state index contributed by atoms with van der Waals surface area (Å²) in [6.45, 7) is 28.0. The summed E-state index contributed by atoms with van der Waals surface area (Å²) in [6.07, 6.45) is 7.92. The van der Waals surface area contributed by atoms with E-state index in [4.69, 9.17) is 4.79 Å². The number of rotatable bonds is 14. The average Bonchev–Trinajstić information content (AvgIpc) is 3.20. The Labute approximate surface area is 341 Å². The predicted molar refractivity (Wildman–Crippen MR) is 252 cm³/mol. The number of methoxy groups -OCH3 is 1. The van der Waals surface area contributed by atoms with Gasteiger partial charge in [-0.3, -0.25) is 0 Å². The van der Waals surface area contributed by atoms with E-state index >= 15 is 0 Å². The van der Waals surface area contributed by atoms with E-state index in [0.29, 0.717) is 5.75 Å². The van der Waals surface area contributed by atoms with E-state index in [0.717, 1.165) is 105 Å². The minimum absolute atomic E-state index is 0.319. The molecule has 5 rings (SSSR count). The van der Waals surface area contributed by atoms with Crippen molar-refractivity contribution in [3.05, 3.63) is 53.1 Å². The molecule has 0 radical (unpaired) electrons. The number of phenolic OH excluding ortho intramolecular Hbond substituents is 1. The van der Waals surface area contributed by atoms with Crippen LogP contribution in [0.5, 0.6) is 5.75 Å². The van der Waals surface area contributed by atoms with Crippen molar-refractivity contribution in [2.24, 2.45) is 11.7 Å². The Morgan fingerprint density at radius 2 is 1.14 bits per heavy atom. The zero-order valence-corrected chi connectivity index (χ0v) is 38.2. The van der Waals surface area contributed by atoms with Gasteiger partial charge < -0.3 is 41.4 Å². The third-order valence-electron chi connectivity index (χ3n) is 9.12. The molecule has 0 spiro atoms. The number of aromatic hydroxyl groups is 1. The minimum atomic E-state index is -0.564. The zero-order valence-electron chi connectivity index (χ0n) is 38.2. The van der Waals surface area contributed by atoms with Crippen LogP contribution in [0.3, 0.4) is 0 Å². The van der Waals surface area contributed by atoms with Crippen LogP contribution in [-0.4, -0.2) is 65.0 Å². The van der Waals surface area contributed by atoms with E-state index < -0.39 is 6.10 Å². The number of aliphatic hydroxyl groups excluding tert-OH is 1. The predicted octanol–water partition coefficient (Wildman–Crippen LogP) is 12.3. The van der Waals surface area contributed by atoms with E-state index in [1.54, 1.807) is 14.2 Å². The summed E-state index contributed by atoms with van der Waals surface area (Å²) < 4.78 is 4.25. The lowest BCUT2D eigenvalue weighted by atomic mass is 9.83. The fourth-order valence-corrected chi connectivity index (χ4v) is 6.77. The zero-order chi connectivity index (χ0) is 43.4. The number of aryl methyl sites for hydroxylation is 2. The summed E-state index contributed by atoms with van der Waals surface area (Å²) in [4.78, 5) is 8.00. The fourth-order valence-electron chi connectivity index (χ4n) is 6.77. The summed E-state index contributed by atoms with van der Waals surface area (Å²) in [5.41, 5.74) is 9.78. The Bertz CT molecular complexity index is 1750. The molecule has 1 atom stereocenters. The SMILES string of the molecule is C=O.CC.CC.CCCCNc1cc(O)c2c(C)ccc3c4c(NCCCC)cc(C)c5c(C(C)O)ccc(c1c23)c54.CN.CNCCCCC(C)C.COC. The van der Waals surface area contributed by atoms with Gasteiger partial charge in [-0.15, -0.1) is 0 Å². The highest BCUT2D eigenvalue weighted by atomic mass is 16.4. The van der Waals surface area contributed by atoms with Crippen molar-refractivity contribution in [1.82, 2.24) is 5.32 Å².